The molecule has 5 nitrogen and oxygen atoms in total. The van der Waals surface area contributed by atoms with Crippen LogP contribution < -0.4 is 4.90 Å². The van der Waals surface area contributed by atoms with Gasteiger partial charge in [0, 0.05) is 19.0 Å². The van der Waals surface area contributed by atoms with Gasteiger partial charge in [-0.1, -0.05) is 0 Å². The minimum atomic E-state index is -0.671. The van der Waals surface area contributed by atoms with E-state index in [0.717, 1.165) is 24.6 Å². The van der Waals surface area contributed by atoms with Crippen LogP contribution in [0.25, 0.3) is 0 Å². The molecule has 2 heterocycles. The van der Waals surface area contributed by atoms with E-state index >= 15 is 0 Å². The van der Waals surface area contributed by atoms with Gasteiger partial charge in [0.15, 0.2) is 0 Å². The van der Waals surface area contributed by atoms with Crippen LogP contribution in [0, 0.1) is 5.92 Å². The van der Waals surface area contributed by atoms with Crippen molar-refractivity contribution in [2.75, 3.05) is 18.0 Å². The van der Waals surface area contributed by atoms with Gasteiger partial charge in [0.25, 0.3) is 0 Å². The highest BCUT2D eigenvalue weighted by atomic mass is 16.4. The van der Waals surface area contributed by atoms with Gasteiger partial charge in [0.1, 0.15) is 5.82 Å². The number of carboxylic acid groups (broad SMARTS) is 1. The molecule has 96 valence electrons. The second-order valence-electron chi connectivity index (χ2n) is 5.17. The Labute approximate surface area is 106 Å². The normalized spacial score (nSPS) is 21.0. The van der Waals surface area contributed by atoms with Gasteiger partial charge < -0.3 is 10.0 Å². The average molecular weight is 247 g/mol. The van der Waals surface area contributed by atoms with E-state index < -0.39 is 5.97 Å². The first kappa shape index (κ1) is 11.4. The first-order chi connectivity index (χ1) is 8.74. The van der Waals surface area contributed by atoms with Crippen molar-refractivity contribution in [2.45, 2.75) is 31.6 Å². The third-order valence-electron chi connectivity index (χ3n) is 3.81. The van der Waals surface area contributed by atoms with Gasteiger partial charge in [-0.05, 0) is 25.7 Å². The number of nitrogens with zero attached hydrogens (tertiary/aromatic N) is 3. The van der Waals surface area contributed by atoms with E-state index in [4.69, 9.17) is 5.11 Å². The smallest absolute Gasteiger partial charge is 0.306 e. The Kier molecular flexibility index (Phi) is 2.89. The van der Waals surface area contributed by atoms with Crippen molar-refractivity contribution >= 4 is 11.7 Å². The van der Waals surface area contributed by atoms with Crippen molar-refractivity contribution < 1.29 is 9.90 Å². The number of hydrogen-bond donors (Lipinski definition) is 1. The third-order valence-corrected chi connectivity index (χ3v) is 3.81. The molecule has 3 rings (SSSR count). The Morgan fingerprint density at radius 2 is 1.78 bits per heavy atom. The zero-order chi connectivity index (χ0) is 12.5. The summed E-state index contributed by atoms with van der Waals surface area (Å²) in [6.45, 7) is 1.56. The van der Waals surface area contributed by atoms with Gasteiger partial charge in [-0.2, -0.15) is 0 Å². The maximum Gasteiger partial charge on any atom is 0.306 e. The molecule has 1 N–H and O–H groups in total. The lowest BCUT2D eigenvalue weighted by Gasteiger charge is -2.31. The van der Waals surface area contributed by atoms with Crippen LogP contribution in [0.2, 0.25) is 0 Å². The maximum atomic E-state index is 10.9. The van der Waals surface area contributed by atoms with Gasteiger partial charge in [0.05, 0.1) is 24.0 Å². The maximum absolute atomic E-state index is 10.9. The van der Waals surface area contributed by atoms with Gasteiger partial charge in [-0.25, -0.2) is 9.97 Å². The first-order valence-corrected chi connectivity index (χ1v) is 6.54. The fourth-order valence-electron chi connectivity index (χ4n) is 2.43. The highest BCUT2D eigenvalue weighted by Crippen LogP contribution is 2.38. The molecule has 0 atom stereocenters. The van der Waals surface area contributed by atoms with Crippen molar-refractivity contribution in [2.24, 2.45) is 5.92 Å². The molecule has 0 unspecified atom stereocenters. The Bertz CT molecular complexity index is 434. The largest absolute Gasteiger partial charge is 0.481 e. The summed E-state index contributed by atoms with van der Waals surface area (Å²) in [4.78, 5) is 21.9. The van der Waals surface area contributed by atoms with Crippen LogP contribution >= 0.6 is 0 Å². The molecule has 1 aromatic rings. The van der Waals surface area contributed by atoms with Crippen LogP contribution in [-0.4, -0.2) is 34.1 Å². The summed E-state index contributed by atoms with van der Waals surface area (Å²) in [7, 11) is 0. The van der Waals surface area contributed by atoms with Crippen LogP contribution in [-0.2, 0) is 4.79 Å². The van der Waals surface area contributed by atoms with E-state index in [9.17, 15) is 4.79 Å². The molecule has 0 bridgehead atoms. The molecule has 1 aliphatic heterocycles. The second kappa shape index (κ2) is 4.55. The molecule has 5 heteroatoms. The molecule has 1 saturated heterocycles. The first-order valence-electron chi connectivity index (χ1n) is 6.54. The highest BCUT2D eigenvalue weighted by Gasteiger charge is 2.27. The van der Waals surface area contributed by atoms with Gasteiger partial charge >= 0.3 is 5.97 Å². The number of anilines is 1. The summed E-state index contributed by atoms with van der Waals surface area (Å²) in [6, 6.07) is 0. The zero-order valence-corrected chi connectivity index (χ0v) is 10.2. The summed E-state index contributed by atoms with van der Waals surface area (Å²) in [5, 5.41) is 8.96. The minimum Gasteiger partial charge on any atom is -0.481 e. The second-order valence-corrected chi connectivity index (χ2v) is 5.17. The molecule has 2 fully saturated rings. The quantitative estimate of drug-likeness (QED) is 0.879. The van der Waals surface area contributed by atoms with E-state index in [1.165, 1.54) is 12.8 Å². The molecular weight excluding hydrogens is 230 g/mol. The summed E-state index contributed by atoms with van der Waals surface area (Å²) in [6.07, 6.45) is 7.59. The summed E-state index contributed by atoms with van der Waals surface area (Å²) < 4.78 is 0. The Hall–Kier alpha value is -1.65. The summed E-state index contributed by atoms with van der Waals surface area (Å²) in [5.74, 6) is 0.679. The summed E-state index contributed by atoms with van der Waals surface area (Å²) in [5.41, 5.74) is 1.02. The van der Waals surface area contributed by atoms with Gasteiger partial charge in [-0.3, -0.25) is 4.79 Å². The van der Waals surface area contributed by atoms with Crippen molar-refractivity contribution in [3.05, 3.63) is 18.2 Å². The van der Waals surface area contributed by atoms with E-state index in [2.05, 4.69) is 14.9 Å². The van der Waals surface area contributed by atoms with E-state index in [-0.39, 0.29) is 5.92 Å². The monoisotopic (exact) mass is 247 g/mol. The Morgan fingerprint density at radius 3 is 2.28 bits per heavy atom. The molecule has 0 amide bonds. The van der Waals surface area contributed by atoms with Crippen molar-refractivity contribution in [3.63, 3.8) is 0 Å². The number of aliphatic carboxylic acids is 1. The summed E-state index contributed by atoms with van der Waals surface area (Å²) >= 11 is 0. The van der Waals surface area contributed by atoms with Crippen LogP contribution in [0.4, 0.5) is 5.69 Å². The molecule has 1 saturated carbocycles. The van der Waals surface area contributed by atoms with Crippen molar-refractivity contribution in [3.8, 4) is 0 Å². The number of carbonyl (C=O) groups is 1. The van der Waals surface area contributed by atoms with E-state index in [1.807, 2.05) is 12.4 Å². The molecular formula is C13H17N3O2. The number of carboxylic acids is 1. The standard InChI is InChI=1S/C13H17N3O2/c17-13(18)10-3-5-16(6-4-10)11-7-14-12(15-8-11)9-1-2-9/h7-10H,1-6H2,(H,17,18). The molecule has 0 radical (unpaired) electrons. The number of piperidine rings is 1. The third kappa shape index (κ3) is 2.30. The molecule has 1 aromatic heterocycles. The van der Waals surface area contributed by atoms with Crippen LogP contribution in [0.3, 0.4) is 0 Å². The minimum absolute atomic E-state index is 0.187. The predicted octanol–water partition coefficient (Wildman–Crippen LogP) is 1.66. The molecule has 1 aliphatic carbocycles. The molecule has 18 heavy (non-hydrogen) atoms. The van der Waals surface area contributed by atoms with Gasteiger partial charge in [0.2, 0.25) is 0 Å². The fraction of sp³-hybridized carbons (Fsp3) is 0.615. The lowest BCUT2D eigenvalue weighted by molar-refractivity contribution is -0.142. The average Bonchev–Trinajstić information content (AvgIpc) is 3.23. The predicted molar refractivity (Wildman–Crippen MR) is 66.6 cm³/mol. The SMILES string of the molecule is O=C(O)C1CCN(c2cnc(C3CC3)nc2)CC1. The molecule has 2 aliphatic rings. The molecule has 0 aromatic carbocycles. The van der Waals surface area contributed by atoms with Gasteiger partial charge in [-0.15, -0.1) is 0 Å². The fourth-order valence-corrected chi connectivity index (χ4v) is 2.43. The number of hydrogen-bond acceptors (Lipinski definition) is 4. The zero-order valence-electron chi connectivity index (χ0n) is 10.2. The number of rotatable bonds is 3. The Morgan fingerprint density at radius 1 is 1.17 bits per heavy atom. The van der Waals surface area contributed by atoms with Crippen LogP contribution in [0.5, 0.6) is 0 Å². The Balaban J connectivity index is 1.63. The lowest BCUT2D eigenvalue weighted by atomic mass is 9.97. The highest BCUT2D eigenvalue weighted by molar-refractivity contribution is 5.70. The topological polar surface area (TPSA) is 66.3 Å². The van der Waals surface area contributed by atoms with Crippen molar-refractivity contribution in [1.82, 2.24) is 9.97 Å². The van der Waals surface area contributed by atoms with E-state index in [0.29, 0.717) is 18.8 Å². The van der Waals surface area contributed by atoms with Crippen LogP contribution in [0.1, 0.15) is 37.4 Å². The lowest BCUT2D eigenvalue weighted by Crippen LogP contribution is -2.36. The van der Waals surface area contributed by atoms with Crippen LogP contribution in [0.15, 0.2) is 12.4 Å². The molecule has 0 spiro atoms. The number of aromatic nitrogens is 2. The van der Waals surface area contributed by atoms with E-state index in [1.54, 1.807) is 0 Å². The van der Waals surface area contributed by atoms with Crippen molar-refractivity contribution in [1.29, 1.82) is 0 Å².